The molecule has 1 fully saturated rings. The van der Waals surface area contributed by atoms with E-state index in [1.807, 2.05) is 0 Å². The predicted molar refractivity (Wildman–Crippen MR) is 75.4 cm³/mol. The van der Waals surface area contributed by atoms with Gasteiger partial charge in [-0.25, -0.2) is 17.2 Å². The molecule has 0 bridgehead atoms. The highest BCUT2D eigenvalue weighted by molar-refractivity contribution is 7.89. The number of carbonyl (C=O) groups is 2. The van der Waals surface area contributed by atoms with Gasteiger partial charge in [0.05, 0.1) is 17.1 Å². The van der Waals surface area contributed by atoms with Crippen molar-refractivity contribution in [3.8, 4) is 5.75 Å². The van der Waals surface area contributed by atoms with Crippen molar-refractivity contribution in [3.05, 3.63) is 18.2 Å². The number of carboxylic acids is 1. The Hall–Kier alpha value is -2.27. The van der Waals surface area contributed by atoms with Crippen molar-refractivity contribution in [2.24, 2.45) is 0 Å². The van der Waals surface area contributed by atoms with Crippen LogP contribution in [0.25, 0.3) is 0 Å². The first-order valence-corrected chi connectivity index (χ1v) is 8.23. The molecule has 2 N–H and O–H groups in total. The van der Waals surface area contributed by atoms with Crippen molar-refractivity contribution < 1.29 is 36.6 Å². The summed E-state index contributed by atoms with van der Waals surface area (Å²) in [6, 6.07) is 1.58. The fourth-order valence-corrected chi connectivity index (χ4v) is 4.24. The van der Waals surface area contributed by atoms with E-state index < -0.39 is 51.7 Å². The lowest BCUT2D eigenvalue weighted by molar-refractivity contribution is -0.141. The van der Waals surface area contributed by atoms with Gasteiger partial charge in [-0.3, -0.25) is 9.59 Å². The van der Waals surface area contributed by atoms with Gasteiger partial charge in [0, 0.05) is 6.42 Å². The largest absolute Gasteiger partial charge is 0.482 e. The summed E-state index contributed by atoms with van der Waals surface area (Å²) in [6.07, 6.45) is -1.09. The zero-order valence-corrected chi connectivity index (χ0v) is 12.8. The number of anilines is 1. The average molecular weight is 362 g/mol. The van der Waals surface area contributed by atoms with Gasteiger partial charge in [-0.15, -0.1) is 0 Å². The molecule has 8 nitrogen and oxygen atoms in total. The third kappa shape index (κ3) is 2.80. The van der Waals surface area contributed by atoms with E-state index in [1.165, 1.54) is 6.07 Å². The number of carbonyl (C=O) groups excluding carboxylic acids is 1. The van der Waals surface area contributed by atoms with E-state index in [-0.39, 0.29) is 22.3 Å². The zero-order valence-electron chi connectivity index (χ0n) is 12.0. The maximum Gasteiger partial charge on any atom is 0.322 e. The number of alkyl halides is 2. The summed E-state index contributed by atoms with van der Waals surface area (Å²) in [5.41, 5.74) is 0.0742. The summed E-state index contributed by atoms with van der Waals surface area (Å²) < 4.78 is 57.6. The Labute approximate surface area is 135 Å². The summed E-state index contributed by atoms with van der Waals surface area (Å²) in [5.74, 6) is -5.34. The van der Waals surface area contributed by atoms with Crippen LogP contribution in [-0.2, 0) is 19.6 Å². The van der Waals surface area contributed by atoms with Crippen LogP contribution in [0.15, 0.2) is 23.1 Å². The summed E-state index contributed by atoms with van der Waals surface area (Å²) in [4.78, 5) is 22.0. The zero-order chi connectivity index (χ0) is 17.7. The Balaban J connectivity index is 2.00. The monoisotopic (exact) mass is 362 g/mol. The third-order valence-electron chi connectivity index (χ3n) is 3.70. The van der Waals surface area contributed by atoms with E-state index in [9.17, 15) is 26.8 Å². The molecule has 0 aromatic heterocycles. The number of hydrogen-bond acceptors (Lipinski definition) is 5. The maximum atomic E-state index is 13.5. The number of sulfonamides is 1. The van der Waals surface area contributed by atoms with Gasteiger partial charge >= 0.3 is 5.97 Å². The van der Waals surface area contributed by atoms with Gasteiger partial charge in [0.15, 0.2) is 6.61 Å². The second-order valence-electron chi connectivity index (χ2n) is 5.46. The van der Waals surface area contributed by atoms with Crippen LogP contribution >= 0.6 is 0 Å². The highest BCUT2D eigenvalue weighted by atomic mass is 32.2. The maximum absolute atomic E-state index is 13.5. The first kappa shape index (κ1) is 16.6. The Morgan fingerprint density at radius 3 is 2.79 bits per heavy atom. The van der Waals surface area contributed by atoms with Crippen molar-refractivity contribution in [2.75, 3.05) is 18.5 Å². The normalized spacial score (nSPS) is 23.2. The van der Waals surface area contributed by atoms with Crippen LogP contribution in [0.5, 0.6) is 5.75 Å². The molecule has 0 spiro atoms. The number of carboxylic acid groups (broad SMARTS) is 1. The van der Waals surface area contributed by atoms with Gasteiger partial charge in [0.1, 0.15) is 11.8 Å². The quantitative estimate of drug-likeness (QED) is 0.810. The summed E-state index contributed by atoms with van der Waals surface area (Å²) >= 11 is 0. The number of nitrogens with zero attached hydrogens (tertiary/aromatic N) is 1. The number of halogens is 2. The smallest absolute Gasteiger partial charge is 0.322 e. The van der Waals surface area contributed by atoms with Crippen molar-refractivity contribution in [1.29, 1.82) is 0 Å². The molecular formula is C13H12F2N2O6S. The van der Waals surface area contributed by atoms with Crippen LogP contribution in [0.2, 0.25) is 0 Å². The van der Waals surface area contributed by atoms with Crippen LogP contribution in [0.4, 0.5) is 14.5 Å². The van der Waals surface area contributed by atoms with E-state index in [2.05, 4.69) is 5.32 Å². The van der Waals surface area contributed by atoms with Crippen LogP contribution in [0.3, 0.4) is 0 Å². The predicted octanol–water partition coefficient (Wildman–Crippen LogP) is 0.500. The van der Waals surface area contributed by atoms with Crippen molar-refractivity contribution in [3.63, 3.8) is 0 Å². The van der Waals surface area contributed by atoms with Crippen molar-refractivity contribution >= 4 is 27.6 Å². The molecular weight excluding hydrogens is 350 g/mol. The molecule has 3 rings (SSSR count). The van der Waals surface area contributed by atoms with Gasteiger partial charge in [-0.1, -0.05) is 0 Å². The highest BCUT2D eigenvalue weighted by Crippen LogP contribution is 2.38. The molecule has 24 heavy (non-hydrogen) atoms. The molecule has 1 saturated heterocycles. The van der Waals surface area contributed by atoms with E-state index in [1.54, 1.807) is 0 Å². The minimum absolute atomic E-state index is 0.0742. The van der Waals surface area contributed by atoms with Crippen LogP contribution in [0.1, 0.15) is 6.42 Å². The molecule has 0 aliphatic carbocycles. The van der Waals surface area contributed by atoms with Gasteiger partial charge in [0.25, 0.3) is 11.8 Å². The summed E-state index contributed by atoms with van der Waals surface area (Å²) in [5, 5.41) is 11.4. The molecule has 1 atom stereocenters. The molecule has 1 aromatic rings. The fourth-order valence-electron chi connectivity index (χ4n) is 2.61. The van der Waals surface area contributed by atoms with Gasteiger partial charge < -0.3 is 15.2 Å². The lowest BCUT2D eigenvalue weighted by Gasteiger charge is -2.22. The summed E-state index contributed by atoms with van der Waals surface area (Å²) in [6.45, 7) is -1.44. The Morgan fingerprint density at radius 2 is 2.12 bits per heavy atom. The van der Waals surface area contributed by atoms with Gasteiger partial charge in [-0.05, 0) is 18.2 Å². The number of nitrogens with one attached hydrogen (secondary N) is 1. The molecule has 2 aliphatic heterocycles. The van der Waals surface area contributed by atoms with Gasteiger partial charge in [0.2, 0.25) is 10.0 Å². The summed E-state index contributed by atoms with van der Waals surface area (Å²) in [7, 11) is -4.49. The number of rotatable bonds is 3. The first-order valence-electron chi connectivity index (χ1n) is 6.79. The Kier molecular flexibility index (Phi) is 3.72. The van der Waals surface area contributed by atoms with E-state index in [0.29, 0.717) is 0 Å². The number of aliphatic carboxylic acids is 1. The number of benzene rings is 1. The average Bonchev–Trinajstić information content (AvgIpc) is 2.83. The highest BCUT2D eigenvalue weighted by Gasteiger charge is 2.53. The minimum Gasteiger partial charge on any atom is -0.482 e. The number of fused-ring (bicyclic) bond motifs is 1. The number of ether oxygens (including phenoxy) is 1. The number of amides is 1. The van der Waals surface area contributed by atoms with Crippen LogP contribution in [-0.4, -0.2) is 54.8 Å². The molecule has 0 unspecified atom stereocenters. The standard InChI is InChI=1S/C13H12F2N2O6S/c14-13(15)4-9(12(19)20)17(6-13)24(21,22)7-1-2-10-8(3-7)16-11(18)5-23-10/h1-3,9H,4-6H2,(H,16,18)(H,19,20)/t9-/m1/s1. The molecule has 0 radical (unpaired) electrons. The third-order valence-corrected chi connectivity index (χ3v) is 5.55. The van der Waals surface area contributed by atoms with Crippen molar-refractivity contribution in [1.82, 2.24) is 4.31 Å². The van der Waals surface area contributed by atoms with Crippen molar-refractivity contribution in [2.45, 2.75) is 23.3 Å². The van der Waals surface area contributed by atoms with E-state index >= 15 is 0 Å². The van der Waals surface area contributed by atoms with Crippen LogP contribution in [0, 0.1) is 0 Å². The lowest BCUT2D eigenvalue weighted by atomic mass is 10.2. The van der Waals surface area contributed by atoms with Gasteiger partial charge in [-0.2, -0.15) is 4.31 Å². The van der Waals surface area contributed by atoms with Crippen LogP contribution < -0.4 is 10.1 Å². The molecule has 1 amide bonds. The van der Waals surface area contributed by atoms with E-state index in [0.717, 1.165) is 12.1 Å². The first-order chi connectivity index (χ1) is 11.1. The topological polar surface area (TPSA) is 113 Å². The molecule has 11 heteroatoms. The minimum atomic E-state index is -4.49. The molecule has 130 valence electrons. The molecule has 2 aliphatic rings. The molecule has 1 aromatic carbocycles. The molecule has 0 saturated carbocycles. The number of hydrogen-bond donors (Lipinski definition) is 2. The second kappa shape index (κ2) is 5.38. The van der Waals surface area contributed by atoms with E-state index in [4.69, 9.17) is 9.84 Å². The molecule has 2 heterocycles. The second-order valence-corrected chi connectivity index (χ2v) is 7.35. The Bertz CT molecular complexity index is 826. The Morgan fingerprint density at radius 1 is 1.42 bits per heavy atom. The SMILES string of the molecule is O=C1COc2ccc(S(=O)(=O)N3CC(F)(F)C[C@@H]3C(=O)O)cc2N1. The fraction of sp³-hybridized carbons (Fsp3) is 0.385. The lowest BCUT2D eigenvalue weighted by Crippen LogP contribution is -2.40.